The van der Waals surface area contributed by atoms with Gasteiger partial charge >= 0.3 is 0 Å². The van der Waals surface area contributed by atoms with Crippen LogP contribution in [0.15, 0.2) is 28.7 Å². The topological polar surface area (TPSA) is 42.2 Å². The average Bonchev–Trinajstić information content (AvgIpc) is 2.69. The third-order valence-corrected chi connectivity index (χ3v) is 3.67. The second kappa shape index (κ2) is 5.96. The second-order valence-corrected chi connectivity index (χ2v) is 5.32. The van der Waals surface area contributed by atoms with E-state index in [0.717, 1.165) is 34.6 Å². The lowest BCUT2D eigenvalue weighted by molar-refractivity contribution is -0.113. The Balaban J connectivity index is 2.00. The molecule has 0 radical (unpaired) electrons. The van der Waals surface area contributed by atoms with E-state index in [9.17, 15) is 4.79 Å². The zero-order valence-electron chi connectivity index (χ0n) is 10.7. The first-order chi connectivity index (χ1) is 8.69. The van der Waals surface area contributed by atoms with Gasteiger partial charge < -0.3 is 9.73 Å². The minimum atomic E-state index is 0.0491. The van der Waals surface area contributed by atoms with Gasteiger partial charge in [-0.1, -0.05) is 6.92 Å². The molecule has 0 aliphatic heterocycles. The molecule has 0 spiro atoms. The van der Waals surface area contributed by atoms with E-state index in [2.05, 4.69) is 12.2 Å². The van der Waals surface area contributed by atoms with Crippen molar-refractivity contribution in [2.45, 2.75) is 20.3 Å². The summed E-state index contributed by atoms with van der Waals surface area (Å²) in [4.78, 5) is 11.7. The number of carbonyl (C=O) groups excluding carboxylic acids is 1. The molecule has 0 saturated carbocycles. The molecule has 0 bridgehead atoms. The summed E-state index contributed by atoms with van der Waals surface area (Å²) in [7, 11) is 0. The van der Waals surface area contributed by atoms with Crippen LogP contribution < -0.4 is 5.32 Å². The summed E-state index contributed by atoms with van der Waals surface area (Å²) < 4.78 is 5.49. The number of carbonyl (C=O) groups is 1. The normalized spacial score (nSPS) is 10.8. The Bertz CT molecular complexity index is 548. The Labute approximate surface area is 111 Å². The minimum absolute atomic E-state index is 0.0491. The highest BCUT2D eigenvalue weighted by Gasteiger charge is 2.05. The molecule has 1 aromatic carbocycles. The van der Waals surface area contributed by atoms with Gasteiger partial charge in [0.05, 0.1) is 5.75 Å². The van der Waals surface area contributed by atoms with Crippen molar-refractivity contribution in [2.75, 3.05) is 16.8 Å². The number of benzene rings is 1. The number of amides is 1. The highest BCUT2D eigenvalue weighted by atomic mass is 32.2. The highest BCUT2D eigenvalue weighted by molar-refractivity contribution is 7.99. The van der Waals surface area contributed by atoms with Crippen LogP contribution in [0.1, 0.15) is 19.1 Å². The SMILES string of the molecule is CCCSCC(=O)Nc1ccc2oc(C)cc2c1. The molecule has 2 rings (SSSR count). The van der Waals surface area contributed by atoms with Crippen LogP contribution >= 0.6 is 11.8 Å². The van der Waals surface area contributed by atoms with Crippen molar-refractivity contribution < 1.29 is 9.21 Å². The standard InChI is InChI=1S/C14H17NO2S/c1-3-6-18-9-14(16)15-12-4-5-13-11(8-12)7-10(2)17-13/h4-5,7-8H,3,6,9H2,1-2H3,(H,15,16). The zero-order valence-corrected chi connectivity index (χ0v) is 11.5. The van der Waals surface area contributed by atoms with Crippen molar-refractivity contribution in [3.63, 3.8) is 0 Å². The van der Waals surface area contributed by atoms with Crippen molar-refractivity contribution in [1.82, 2.24) is 0 Å². The molecule has 0 fully saturated rings. The van der Waals surface area contributed by atoms with Gasteiger partial charge in [-0.3, -0.25) is 4.79 Å². The molecule has 2 aromatic rings. The predicted octanol–water partition coefficient (Wildman–Crippen LogP) is 3.82. The van der Waals surface area contributed by atoms with E-state index < -0.39 is 0 Å². The van der Waals surface area contributed by atoms with Gasteiger partial charge in [-0.15, -0.1) is 0 Å². The maximum absolute atomic E-state index is 11.7. The lowest BCUT2D eigenvalue weighted by atomic mass is 10.2. The largest absolute Gasteiger partial charge is 0.461 e. The summed E-state index contributed by atoms with van der Waals surface area (Å²) >= 11 is 1.66. The molecule has 1 amide bonds. The van der Waals surface area contributed by atoms with Gasteiger partial charge in [0.25, 0.3) is 0 Å². The third kappa shape index (κ3) is 3.29. The first kappa shape index (κ1) is 13.0. The number of thioether (sulfide) groups is 1. The van der Waals surface area contributed by atoms with Crippen LogP contribution in [0.25, 0.3) is 11.0 Å². The first-order valence-electron chi connectivity index (χ1n) is 6.07. The van der Waals surface area contributed by atoms with Crippen LogP contribution in [-0.2, 0) is 4.79 Å². The van der Waals surface area contributed by atoms with Gasteiger partial charge in [0.2, 0.25) is 5.91 Å². The Kier molecular flexibility index (Phi) is 4.31. The molecule has 0 saturated heterocycles. The van der Waals surface area contributed by atoms with Crippen molar-refractivity contribution in [3.05, 3.63) is 30.0 Å². The van der Waals surface area contributed by atoms with Crippen LogP contribution in [-0.4, -0.2) is 17.4 Å². The van der Waals surface area contributed by atoms with Crippen molar-refractivity contribution in [3.8, 4) is 0 Å². The fourth-order valence-corrected chi connectivity index (χ4v) is 2.45. The fraction of sp³-hybridized carbons (Fsp3) is 0.357. The van der Waals surface area contributed by atoms with Crippen LogP contribution in [0.3, 0.4) is 0 Å². The Morgan fingerprint density at radius 1 is 1.39 bits per heavy atom. The predicted molar refractivity (Wildman–Crippen MR) is 77.2 cm³/mol. The number of furan rings is 1. The van der Waals surface area contributed by atoms with Gasteiger partial charge in [-0.25, -0.2) is 0 Å². The Morgan fingerprint density at radius 2 is 2.22 bits per heavy atom. The quantitative estimate of drug-likeness (QED) is 0.834. The van der Waals surface area contributed by atoms with E-state index in [4.69, 9.17) is 4.42 Å². The summed E-state index contributed by atoms with van der Waals surface area (Å²) in [5, 5.41) is 3.92. The van der Waals surface area contributed by atoms with Gasteiger partial charge in [-0.2, -0.15) is 11.8 Å². The van der Waals surface area contributed by atoms with E-state index in [-0.39, 0.29) is 5.91 Å². The summed E-state index contributed by atoms with van der Waals surface area (Å²) in [6, 6.07) is 7.66. The van der Waals surface area contributed by atoms with E-state index in [1.165, 1.54) is 0 Å². The van der Waals surface area contributed by atoms with Crippen LogP contribution in [0.4, 0.5) is 5.69 Å². The van der Waals surface area contributed by atoms with Gasteiger partial charge in [-0.05, 0) is 43.4 Å². The first-order valence-corrected chi connectivity index (χ1v) is 7.22. The minimum Gasteiger partial charge on any atom is -0.461 e. The summed E-state index contributed by atoms with van der Waals surface area (Å²) in [6.45, 7) is 4.03. The molecule has 0 aliphatic rings. The smallest absolute Gasteiger partial charge is 0.234 e. The maximum Gasteiger partial charge on any atom is 0.234 e. The molecule has 0 atom stereocenters. The summed E-state index contributed by atoms with van der Waals surface area (Å²) in [5.74, 6) is 2.46. The van der Waals surface area contributed by atoms with Crippen molar-refractivity contribution >= 4 is 34.3 Å². The lowest BCUT2D eigenvalue weighted by Gasteiger charge is -2.04. The van der Waals surface area contributed by atoms with Crippen molar-refractivity contribution in [2.24, 2.45) is 0 Å². The molecule has 3 nitrogen and oxygen atoms in total. The molecule has 4 heteroatoms. The molecule has 1 N–H and O–H groups in total. The van der Waals surface area contributed by atoms with Crippen molar-refractivity contribution in [1.29, 1.82) is 0 Å². The van der Waals surface area contributed by atoms with Crippen LogP contribution in [0, 0.1) is 6.92 Å². The molecule has 18 heavy (non-hydrogen) atoms. The number of rotatable bonds is 5. The number of hydrogen-bond acceptors (Lipinski definition) is 3. The molecular formula is C14H17NO2S. The summed E-state index contributed by atoms with van der Waals surface area (Å²) in [5.41, 5.74) is 1.68. The van der Waals surface area contributed by atoms with E-state index >= 15 is 0 Å². The van der Waals surface area contributed by atoms with E-state index in [0.29, 0.717) is 5.75 Å². The molecule has 1 heterocycles. The van der Waals surface area contributed by atoms with Gasteiger partial charge in [0.1, 0.15) is 11.3 Å². The molecule has 0 aliphatic carbocycles. The molecule has 1 aromatic heterocycles. The maximum atomic E-state index is 11.7. The Hall–Kier alpha value is -1.42. The molecule has 96 valence electrons. The lowest BCUT2D eigenvalue weighted by Crippen LogP contribution is -2.14. The van der Waals surface area contributed by atoms with E-state index in [1.54, 1.807) is 11.8 Å². The average molecular weight is 263 g/mol. The number of hydrogen-bond donors (Lipinski definition) is 1. The van der Waals surface area contributed by atoms with Gasteiger partial charge in [0, 0.05) is 11.1 Å². The fourth-order valence-electron chi connectivity index (χ4n) is 1.76. The third-order valence-electron chi connectivity index (χ3n) is 2.50. The summed E-state index contributed by atoms with van der Waals surface area (Å²) in [6.07, 6.45) is 1.10. The number of anilines is 1. The molecular weight excluding hydrogens is 246 g/mol. The number of nitrogens with one attached hydrogen (secondary N) is 1. The number of fused-ring (bicyclic) bond motifs is 1. The Morgan fingerprint density at radius 3 is 3.00 bits per heavy atom. The van der Waals surface area contributed by atoms with Crippen LogP contribution in [0.5, 0.6) is 0 Å². The monoisotopic (exact) mass is 263 g/mol. The van der Waals surface area contributed by atoms with Gasteiger partial charge in [0.15, 0.2) is 0 Å². The van der Waals surface area contributed by atoms with E-state index in [1.807, 2.05) is 31.2 Å². The molecule has 0 unspecified atom stereocenters. The number of aryl methyl sites for hydroxylation is 1. The second-order valence-electron chi connectivity index (χ2n) is 4.21. The highest BCUT2D eigenvalue weighted by Crippen LogP contribution is 2.22. The zero-order chi connectivity index (χ0) is 13.0. The van der Waals surface area contributed by atoms with Crippen LogP contribution in [0.2, 0.25) is 0 Å².